The molecule has 146 valence electrons. The van der Waals surface area contributed by atoms with Crippen LogP contribution in [0.15, 0.2) is 27.3 Å². The number of fused-ring (bicyclic) bond motifs is 1. The number of hydrogen-bond donors (Lipinski definition) is 1. The van der Waals surface area contributed by atoms with E-state index in [1.165, 1.54) is 11.3 Å². The van der Waals surface area contributed by atoms with Gasteiger partial charge in [-0.1, -0.05) is 13.3 Å². The van der Waals surface area contributed by atoms with Gasteiger partial charge in [-0.05, 0) is 13.3 Å². The second-order valence-corrected chi connectivity index (χ2v) is 8.73. The molecule has 0 fully saturated rings. The summed E-state index contributed by atoms with van der Waals surface area (Å²) in [4.78, 5) is 17.9. The van der Waals surface area contributed by atoms with E-state index in [1.807, 2.05) is 30.8 Å². The summed E-state index contributed by atoms with van der Waals surface area (Å²) >= 11 is 0.104. The van der Waals surface area contributed by atoms with Crippen molar-refractivity contribution in [2.24, 2.45) is 7.05 Å². The Kier molecular flexibility index (Phi) is 5.09. The standard InChI is InChI=1S/C18H20N6O2S2/c1-4-5-8-28(25)18-13(19)12-14(11-9-21-10(2)24(11)3)22-15(23-16(12)26-18)17-20-6-7-27-17/h6-7,9H,4-5,8,19H2,1-3H3. The number of nitrogen functional groups attached to an aromatic ring is 1. The minimum absolute atomic E-state index is 0.258. The van der Waals surface area contributed by atoms with Crippen molar-refractivity contribution in [3.63, 3.8) is 0 Å². The average Bonchev–Trinajstić information content (AvgIpc) is 3.41. The number of hydrogen-bond acceptors (Lipinski definition) is 8. The van der Waals surface area contributed by atoms with E-state index in [0.29, 0.717) is 39.1 Å². The first-order chi connectivity index (χ1) is 13.5. The van der Waals surface area contributed by atoms with Crippen LogP contribution < -0.4 is 5.73 Å². The zero-order valence-corrected chi connectivity index (χ0v) is 17.4. The molecule has 28 heavy (non-hydrogen) atoms. The van der Waals surface area contributed by atoms with Gasteiger partial charge in [0.05, 0.1) is 17.3 Å². The van der Waals surface area contributed by atoms with Gasteiger partial charge in [-0.25, -0.2) is 15.0 Å². The molecule has 4 rings (SSSR count). The summed E-state index contributed by atoms with van der Waals surface area (Å²) in [5.41, 5.74) is 8.37. The van der Waals surface area contributed by atoms with Gasteiger partial charge < -0.3 is 19.3 Å². The molecule has 1 atom stereocenters. The molecule has 0 spiro atoms. The summed E-state index contributed by atoms with van der Waals surface area (Å²) in [7, 11) is 1.91. The quantitative estimate of drug-likeness (QED) is 0.477. The normalized spacial score (nSPS) is 12.7. The summed E-state index contributed by atoms with van der Waals surface area (Å²) in [6.45, 7) is 3.96. The minimum Gasteiger partial charge on any atom is -0.609 e. The Labute approximate surface area is 169 Å². The van der Waals surface area contributed by atoms with Crippen LogP contribution in [0.5, 0.6) is 0 Å². The number of imidazole rings is 1. The molecule has 0 aromatic carbocycles. The Bertz CT molecular complexity index is 1120. The topological polar surface area (TPSA) is 119 Å². The van der Waals surface area contributed by atoms with Crippen LogP contribution in [-0.4, -0.2) is 34.8 Å². The highest BCUT2D eigenvalue weighted by Gasteiger charge is 2.28. The Hall–Kier alpha value is -2.43. The fourth-order valence-corrected chi connectivity index (χ4v) is 4.70. The highest BCUT2D eigenvalue weighted by Crippen LogP contribution is 2.38. The molecule has 0 aliphatic rings. The van der Waals surface area contributed by atoms with E-state index in [9.17, 15) is 4.55 Å². The van der Waals surface area contributed by atoms with E-state index in [-0.39, 0.29) is 5.09 Å². The summed E-state index contributed by atoms with van der Waals surface area (Å²) < 4.78 is 20.5. The maximum atomic E-state index is 12.7. The molecule has 0 saturated carbocycles. The van der Waals surface area contributed by atoms with Gasteiger partial charge >= 0.3 is 5.09 Å². The monoisotopic (exact) mass is 416 g/mol. The number of furan rings is 1. The lowest BCUT2D eigenvalue weighted by atomic mass is 10.2. The van der Waals surface area contributed by atoms with Crippen molar-refractivity contribution < 1.29 is 8.97 Å². The van der Waals surface area contributed by atoms with Crippen molar-refractivity contribution >= 4 is 39.3 Å². The summed E-state index contributed by atoms with van der Waals surface area (Å²) in [6, 6.07) is 0. The molecule has 2 N–H and O–H groups in total. The Morgan fingerprint density at radius 2 is 2.14 bits per heavy atom. The van der Waals surface area contributed by atoms with E-state index in [4.69, 9.17) is 15.1 Å². The third kappa shape index (κ3) is 3.17. The molecule has 4 aromatic rings. The molecule has 0 saturated heterocycles. The van der Waals surface area contributed by atoms with Gasteiger partial charge in [0.25, 0.3) is 0 Å². The van der Waals surface area contributed by atoms with Crippen molar-refractivity contribution in [3.8, 4) is 22.2 Å². The number of nitrogens with zero attached hydrogens (tertiary/aromatic N) is 5. The number of anilines is 1. The average molecular weight is 417 g/mol. The van der Waals surface area contributed by atoms with Crippen molar-refractivity contribution in [2.45, 2.75) is 31.8 Å². The van der Waals surface area contributed by atoms with Gasteiger partial charge in [-0.15, -0.1) is 11.3 Å². The van der Waals surface area contributed by atoms with Gasteiger partial charge in [-0.2, -0.15) is 4.98 Å². The molecule has 1 unspecified atom stereocenters. The zero-order valence-electron chi connectivity index (χ0n) is 15.8. The van der Waals surface area contributed by atoms with Crippen LogP contribution >= 0.6 is 11.3 Å². The van der Waals surface area contributed by atoms with E-state index >= 15 is 0 Å². The lowest BCUT2D eigenvalue weighted by Gasteiger charge is -2.07. The lowest BCUT2D eigenvalue weighted by molar-refractivity contribution is 0.477. The van der Waals surface area contributed by atoms with Gasteiger partial charge in [0.1, 0.15) is 23.0 Å². The van der Waals surface area contributed by atoms with Crippen molar-refractivity contribution in [1.82, 2.24) is 24.5 Å². The van der Waals surface area contributed by atoms with Gasteiger partial charge in [0.15, 0.2) is 10.8 Å². The predicted molar refractivity (Wildman–Crippen MR) is 110 cm³/mol. The van der Waals surface area contributed by atoms with Crippen LogP contribution in [0, 0.1) is 6.92 Å². The minimum atomic E-state index is -1.33. The van der Waals surface area contributed by atoms with Crippen molar-refractivity contribution in [3.05, 3.63) is 23.6 Å². The fraction of sp³-hybridized carbons (Fsp3) is 0.333. The van der Waals surface area contributed by atoms with Crippen LogP contribution in [0.2, 0.25) is 0 Å². The maximum Gasteiger partial charge on any atom is 0.337 e. The maximum absolute atomic E-state index is 12.7. The number of aryl methyl sites for hydroxylation is 1. The zero-order chi connectivity index (χ0) is 19.8. The molecule has 0 aliphatic heterocycles. The molecule has 10 heteroatoms. The van der Waals surface area contributed by atoms with Gasteiger partial charge in [0, 0.05) is 29.8 Å². The van der Waals surface area contributed by atoms with Gasteiger partial charge in [0.2, 0.25) is 5.71 Å². The molecule has 0 bridgehead atoms. The van der Waals surface area contributed by atoms with Crippen LogP contribution in [0.25, 0.3) is 33.3 Å². The molecule has 4 aromatic heterocycles. The number of thiazole rings is 1. The van der Waals surface area contributed by atoms with Gasteiger partial charge in [-0.3, -0.25) is 0 Å². The molecule has 8 nitrogen and oxygen atoms in total. The summed E-state index contributed by atoms with van der Waals surface area (Å²) in [5.74, 6) is 1.77. The smallest absolute Gasteiger partial charge is 0.337 e. The summed E-state index contributed by atoms with van der Waals surface area (Å²) in [6.07, 6.45) is 5.21. The SMILES string of the molecule is CCCC[S+]([O-])c1oc2nc(-c3nccs3)nc(-c3cnc(C)n3C)c2c1N. The number of unbranched alkanes of at least 4 members (excludes halogenated alkanes) is 1. The fourth-order valence-electron chi connectivity index (χ4n) is 2.88. The number of aromatic nitrogens is 5. The first-order valence-corrected chi connectivity index (χ1v) is 11.1. The third-order valence-corrected chi connectivity index (χ3v) is 6.68. The van der Waals surface area contributed by atoms with Crippen LogP contribution in [0.4, 0.5) is 5.69 Å². The molecular weight excluding hydrogens is 396 g/mol. The molecule has 0 amide bonds. The Morgan fingerprint density at radius 1 is 1.32 bits per heavy atom. The predicted octanol–water partition coefficient (Wildman–Crippen LogP) is 3.55. The molecule has 0 aliphatic carbocycles. The van der Waals surface area contributed by atoms with E-state index in [2.05, 4.69) is 15.0 Å². The molecular formula is C18H20N6O2S2. The lowest BCUT2D eigenvalue weighted by Crippen LogP contribution is -2.07. The van der Waals surface area contributed by atoms with E-state index < -0.39 is 11.2 Å². The third-order valence-electron chi connectivity index (χ3n) is 4.53. The van der Waals surface area contributed by atoms with Crippen molar-refractivity contribution in [2.75, 3.05) is 11.5 Å². The highest BCUT2D eigenvalue weighted by molar-refractivity contribution is 7.91. The number of nitrogens with two attached hydrogens (primary N) is 1. The second kappa shape index (κ2) is 7.53. The molecule has 0 radical (unpaired) electrons. The Balaban J connectivity index is 1.96. The number of rotatable bonds is 6. The summed E-state index contributed by atoms with van der Waals surface area (Å²) in [5, 5.41) is 3.35. The first-order valence-electron chi connectivity index (χ1n) is 8.88. The van der Waals surface area contributed by atoms with Crippen LogP contribution in [-0.2, 0) is 18.2 Å². The van der Waals surface area contributed by atoms with Crippen LogP contribution in [0.1, 0.15) is 25.6 Å². The second-order valence-electron chi connectivity index (χ2n) is 6.37. The van der Waals surface area contributed by atoms with E-state index in [1.54, 1.807) is 12.4 Å². The van der Waals surface area contributed by atoms with Crippen molar-refractivity contribution in [1.29, 1.82) is 0 Å². The highest BCUT2D eigenvalue weighted by atomic mass is 32.2. The first kappa shape index (κ1) is 18.9. The van der Waals surface area contributed by atoms with E-state index in [0.717, 1.165) is 24.4 Å². The Morgan fingerprint density at radius 3 is 2.79 bits per heavy atom. The molecule has 4 heterocycles. The van der Waals surface area contributed by atoms with Crippen LogP contribution in [0.3, 0.4) is 0 Å². The largest absolute Gasteiger partial charge is 0.609 e.